The number of aryl methyl sites for hydroxylation is 1. The zero-order valence-corrected chi connectivity index (χ0v) is 9.10. The second-order valence-corrected chi connectivity index (χ2v) is 4.03. The number of hydrogen-bond donors (Lipinski definition) is 1. The fraction of sp³-hybridized carbons (Fsp3) is 0.286. The molecule has 0 radical (unpaired) electrons. The van der Waals surface area contributed by atoms with E-state index < -0.39 is 0 Å². The molecule has 0 amide bonds. The molecule has 8 nitrogen and oxygen atoms in total. The molecule has 82 valence electrons. The Bertz CT molecular complexity index is 638. The third-order valence-electron chi connectivity index (χ3n) is 2.09. The Labute approximate surface area is 93.0 Å². The third kappa shape index (κ3) is 1.18. The summed E-state index contributed by atoms with van der Waals surface area (Å²) in [4.78, 5) is 0.703. The highest BCUT2D eigenvalue weighted by atomic mass is 32.1. The van der Waals surface area contributed by atoms with Gasteiger partial charge >= 0.3 is 0 Å². The van der Waals surface area contributed by atoms with Gasteiger partial charge in [-0.3, -0.25) is 0 Å². The van der Waals surface area contributed by atoms with Crippen molar-refractivity contribution in [3.63, 3.8) is 0 Å². The van der Waals surface area contributed by atoms with Crippen LogP contribution >= 0.6 is 11.3 Å². The van der Waals surface area contributed by atoms with Crippen molar-refractivity contribution >= 4 is 22.1 Å². The normalized spacial score (nSPS) is 11.3. The molecule has 16 heavy (non-hydrogen) atoms. The van der Waals surface area contributed by atoms with Gasteiger partial charge in [0.25, 0.3) is 0 Å². The molecule has 2 N–H and O–H groups in total. The van der Waals surface area contributed by atoms with Crippen LogP contribution in [0.15, 0.2) is 4.63 Å². The average molecular weight is 237 g/mol. The van der Waals surface area contributed by atoms with Gasteiger partial charge in [-0.1, -0.05) is 18.3 Å². The van der Waals surface area contributed by atoms with Gasteiger partial charge in [0.2, 0.25) is 4.96 Å². The Morgan fingerprint density at radius 3 is 2.94 bits per heavy atom. The molecule has 0 aliphatic heterocycles. The molecular weight excluding hydrogens is 230 g/mol. The second kappa shape index (κ2) is 3.23. The van der Waals surface area contributed by atoms with E-state index in [1.807, 2.05) is 6.92 Å². The third-order valence-corrected chi connectivity index (χ3v) is 2.99. The van der Waals surface area contributed by atoms with E-state index in [0.29, 0.717) is 15.7 Å². The summed E-state index contributed by atoms with van der Waals surface area (Å²) in [6.45, 7) is 1.99. The van der Waals surface area contributed by atoms with Crippen LogP contribution in [0.4, 0.5) is 5.82 Å². The SMILES string of the molecule is CCc1nnc2sc(-c3nonc3N)nn12. The maximum Gasteiger partial charge on any atom is 0.235 e. The topological polar surface area (TPSA) is 108 Å². The van der Waals surface area contributed by atoms with E-state index in [4.69, 9.17) is 5.73 Å². The summed E-state index contributed by atoms with van der Waals surface area (Å²) in [5, 5.41) is 20.1. The molecule has 3 rings (SSSR count). The first kappa shape index (κ1) is 9.21. The van der Waals surface area contributed by atoms with Crippen molar-refractivity contribution in [2.75, 3.05) is 5.73 Å². The van der Waals surface area contributed by atoms with Crippen molar-refractivity contribution in [3.05, 3.63) is 5.82 Å². The number of nitrogens with two attached hydrogens (primary N) is 1. The van der Waals surface area contributed by atoms with Gasteiger partial charge in [-0.2, -0.15) is 9.61 Å². The van der Waals surface area contributed by atoms with Gasteiger partial charge < -0.3 is 5.73 Å². The Kier molecular flexibility index (Phi) is 1.86. The minimum absolute atomic E-state index is 0.225. The molecule has 0 saturated carbocycles. The highest BCUT2D eigenvalue weighted by Crippen LogP contribution is 2.26. The van der Waals surface area contributed by atoms with Crippen molar-refractivity contribution in [1.82, 2.24) is 30.1 Å². The first-order valence-corrected chi connectivity index (χ1v) is 5.40. The molecule has 3 heterocycles. The smallest absolute Gasteiger partial charge is 0.235 e. The number of hydrogen-bond acceptors (Lipinski definition) is 8. The van der Waals surface area contributed by atoms with Gasteiger partial charge in [0.15, 0.2) is 22.3 Å². The molecule has 0 bridgehead atoms. The molecule has 0 aromatic carbocycles. The number of aromatic nitrogens is 6. The van der Waals surface area contributed by atoms with Crippen LogP contribution in [-0.2, 0) is 6.42 Å². The zero-order chi connectivity index (χ0) is 11.1. The predicted octanol–water partition coefficient (Wildman–Crippen LogP) is 0.380. The van der Waals surface area contributed by atoms with Crippen molar-refractivity contribution in [2.45, 2.75) is 13.3 Å². The van der Waals surface area contributed by atoms with Crippen LogP contribution in [-0.4, -0.2) is 30.1 Å². The fourth-order valence-electron chi connectivity index (χ4n) is 1.32. The summed E-state index contributed by atoms with van der Waals surface area (Å²) in [6, 6.07) is 0. The summed E-state index contributed by atoms with van der Waals surface area (Å²) in [5.41, 5.74) is 6.03. The largest absolute Gasteiger partial charge is 0.379 e. The van der Waals surface area contributed by atoms with Gasteiger partial charge in [0.1, 0.15) is 0 Å². The Morgan fingerprint density at radius 2 is 2.25 bits per heavy atom. The number of rotatable bonds is 2. The summed E-state index contributed by atoms with van der Waals surface area (Å²) < 4.78 is 6.20. The Balaban J connectivity index is 2.19. The molecule has 0 fully saturated rings. The molecule has 9 heteroatoms. The van der Waals surface area contributed by atoms with Crippen LogP contribution in [0.2, 0.25) is 0 Å². The number of anilines is 1. The van der Waals surface area contributed by atoms with E-state index in [1.165, 1.54) is 11.3 Å². The molecule has 0 unspecified atom stereocenters. The van der Waals surface area contributed by atoms with E-state index in [9.17, 15) is 0 Å². The van der Waals surface area contributed by atoms with Gasteiger partial charge in [0.05, 0.1) is 0 Å². The fourth-order valence-corrected chi connectivity index (χ4v) is 2.17. The molecule has 3 aromatic heterocycles. The second-order valence-electron chi connectivity index (χ2n) is 3.07. The lowest BCUT2D eigenvalue weighted by molar-refractivity contribution is 0.310. The molecule has 0 saturated heterocycles. The molecule has 0 aliphatic rings. The van der Waals surface area contributed by atoms with Crippen LogP contribution in [0.25, 0.3) is 15.7 Å². The van der Waals surface area contributed by atoms with Crippen molar-refractivity contribution in [3.8, 4) is 10.7 Å². The van der Waals surface area contributed by atoms with E-state index in [0.717, 1.165) is 12.2 Å². The van der Waals surface area contributed by atoms with E-state index >= 15 is 0 Å². The van der Waals surface area contributed by atoms with Gasteiger partial charge in [-0.05, 0) is 10.3 Å². The molecule has 0 spiro atoms. The zero-order valence-electron chi connectivity index (χ0n) is 8.28. The first-order valence-electron chi connectivity index (χ1n) is 4.59. The lowest BCUT2D eigenvalue weighted by atomic mass is 10.4. The van der Waals surface area contributed by atoms with E-state index in [1.54, 1.807) is 4.52 Å². The molecule has 0 aliphatic carbocycles. The van der Waals surface area contributed by atoms with Crippen LogP contribution in [0.1, 0.15) is 12.7 Å². The minimum Gasteiger partial charge on any atom is -0.379 e. The number of nitrogen functional groups attached to an aromatic ring is 1. The van der Waals surface area contributed by atoms with Crippen molar-refractivity contribution < 1.29 is 4.63 Å². The lowest BCUT2D eigenvalue weighted by Crippen LogP contribution is -1.94. The molecule has 0 atom stereocenters. The summed E-state index contributed by atoms with van der Waals surface area (Å²) >= 11 is 1.34. The van der Waals surface area contributed by atoms with Crippen LogP contribution < -0.4 is 5.73 Å². The van der Waals surface area contributed by atoms with Crippen LogP contribution in [0, 0.1) is 0 Å². The molecular formula is C7H7N7OS. The standard InChI is InChI=1S/C7H7N7OS/c1-2-3-9-10-7-14(3)11-6(16-7)4-5(8)13-15-12-4/h2H2,1H3,(H2,8,13). The molecule has 3 aromatic rings. The highest BCUT2D eigenvalue weighted by molar-refractivity contribution is 7.19. The Hall–Kier alpha value is -2.03. The summed E-state index contributed by atoms with van der Waals surface area (Å²) in [5.74, 6) is 1.02. The highest BCUT2D eigenvalue weighted by Gasteiger charge is 2.17. The maximum atomic E-state index is 5.59. The van der Waals surface area contributed by atoms with Gasteiger partial charge in [0, 0.05) is 6.42 Å². The van der Waals surface area contributed by atoms with Crippen LogP contribution in [0.3, 0.4) is 0 Å². The lowest BCUT2D eigenvalue weighted by Gasteiger charge is -1.88. The van der Waals surface area contributed by atoms with E-state index in [2.05, 4.69) is 30.2 Å². The van der Waals surface area contributed by atoms with Gasteiger partial charge in [-0.15, -0.1) is 10.2 Å². The average Bonchev–Trinajstić information content (AvgIpc) is 2.90. The minimum atomic E-state index is 0.225. The van der Waals surface area contributed by atoms with Crippen molar-refractivity contribution in [2.24, 2.45) is 0 Å². The monoisotopic (exact) mass is 237 g/mol. The Morgan fingerprint density at radius 1 is 1.38 bits per heavy atom. The quantitative estimate of drug-likeness (QED) is 0.686. The number of nitrogens with zero attached hydrogens (tertiary/aromatic N) is 6. The van der Waals surface area contributed by atoms with Gasteiger partial charge in [-0.25, -0.2) is 4.63 Å². The first-order chi connectivity index (χ1) is 7.79. The van der Waals surface area contributed by atoms with Crippen molar-refractivity contribution in [1.29, 1.82) is 0 Å². The van der Waals surface area contributed by atoms with Crippen LogP contribution in [0.5, 0.6) is 0 Å². The predicted molar refractivity (Wildman–Crippen MR) is 55.7 cm³/mol. The summed E-state index contributed by atoms with van der Waals surface area (Å²) in [7, 11) is 0. The maximum absolute atomic E-state index is 5.59. The summed E-state index contributed by atoms with van der Waals surface area (Å²) in [6.07, 6.45) is 0.761. The van der Waals surface area contributed by atoms with E-state index in [-0.39, 0.29) is 5.82 Å². The number of fused-ring (bicyclic) bond motifs is 1.